The standard InChI is InChI=1S/C16H22O8/c17-8-5-3-1-2-4-6-11(19)7-9-23-16-15(22)14(21)13(20)12(10-18)24-16/h3,5,11-22H,7-10H2/b5-3+/t11-,12-,13-,14+,15-,16-/m1/s1. The van der Waals surface area contributed by atoms with E-state index in [9.17, 15) is 20.4 Å². The minimum Gasteiger partial charge on any atom is -0.394 e. The molecule has 0 radical (unpaired) electrons. The van der Waals surface area contributed by atoms with Gasteiger partial charge in [-0.1, -0.05) is 17.9 Å². The molecule has 0 saturated carbocycles. The highest BCUT2D eigenvalue weighted by atomic mass is 16.7. The monoisotopic (exact) mass is 342 g/mol. The third-order valence-electron chi connectivity index (χ3n) is 3.20. The van der Waals surface area contributed by atoms with Gasteiger partial charge < -0.3 is 40.1 Å². The van der Waals surface area contributed by atoms with Crippen LogP contribution in [0.1, 0.15) is 6.42 Å². The Morgan fingerprint density at radius 2 is 1.83 bits per heavy atom. The summed E-state index contributed by atoms with van der Waals surface area (Å²) in [6.07, 6.45) is -4.72. The Morgan fingerprint density at radius 3 is 2.50 bits per heavy atom. The molecule has 6 atom stereocenters. The number of allylic oxidation sites excluding steroid dienone is 1. The van der Waals surface area contributed by atoms with E-state index in [-0.39, 0.29) is 19.6 Å². The van der Waals surface area contributed by atoms with Crippen LogP contribution in [0.3, 0.4) is 0 Å². The molecule has 0 bridgehead atoms. The highest BCUT2D eigenvalue weighted by molar-refractivity contribution is 5.31. The number of hydrogen-bond donors (Lipinski definition) is 6. The van der Waals surface area contributed by atoms with Crippen LogP contribution in [-0.4, -0.2) is 87.3 Å². The molecule has 1 rings (SSSR count). The Bertz CT molecular complexity index is 510. The first-order valence-electron chi connectivity index (χ1n) is 7.38. The average molecular weight is 342 g/mol. The number of hydrogen-bond acceptors (Lipinski definition) is 8. The predicted molar refractivity (Wildman–Crippen MR) is 82.1 cm³/mol. The molecule has 0 aromatic heterocycles. The molecule has 0 unspecified atom stereocenters. The first kappa shape index (κ1) is 20.6. The minimum absolute atomic E-state index is 0.0314. The van der Waals surface area contributed by atoms with Gasteiger partial charge >= 0.3 is 0 Å². The van der Waals surface area contributed by atoms with Gasteiger partial charge in [0.1, 0.15) is 30.5 Å². The summed E-state index contributed by atoms with van der Waals surface area (Å²) in [5, 5.41) is 56.1. The molecule has 0 aromatic carbocycles. The van der Waals surface area contributed by atoms with Crippen LogP contribution in [0, 0.1) is 23.7 Å². The van der Waals surface area contributed by atoms with E-state index in [1.54, 1.807) is 0 Å². The molecule has 1 aliphatic heterocycles. The molecule has 0 spiro atoms. The quantitative estimate of drug-likeness (QED) is 0.283. The summed E-state index contributed by atoms with van der Waals surface area (Å²) in [5.41, 5.74) is 0. The maximum absolute atomic E-state index is 9.76. The summed E-state index contributed by atoms with van der Waals surface area (Å²) in [5.74, 6) is 9.90. The zero-order valence-corrected chi connectivity index (χ0v) is 12.9. The summed E-state index contributed by atoms with van der Waals surface area (Å²) in [7, 11) is 0. The van der Waals surface area contributed by atoms with Crippen molar-refractivity contribution in [3.05, 3.63) is 12.2 Å². The Hall–Kier alpha value is -1.46. The number of aliphatic hydroxyl groups excluding tert-OH is 6. The van der Waals surface area contributed by atoms with Crippen LogP contribution in [0.15, 0.2) is 12.2 Å². The molecule has 8 heteroatoms. The van der Waals surface area contributed by atoms with Gasteiger partial charge in [-0.3, -0.25) is 0 Å². The molecule has 1 aliphatic rings. The number of ether oxygens (including phenoxy) is 2. The van der Waals surface area contributed by atoms with Crippen LogP contribution in [0.2, 0.25) is 0 Å². The van der Waals surface area contributed by atoms with Crippen LogP contribution in [0.25, 0.3) is 0 Å². The molecule has 24 heavy (non-hydrogen) atoms. The van der Waals surface area contributed by atoms with Crippen molar-refractivity contribution in [1.29, 1.82) is 0 Å². The Kier molecular flexibility index (Phi) is 9.57. The molecular weight excluding hydrogens is 320 g/mol. The lowest BCUT2D eigenvalue weighted by atomic mass is 9.99. The van der Waals surface area contributed by atoms with Gasteiger partial charge in [-0.15, -0.1) is 0 Å². The molecular formula is C16H22O8. The Morgan fingerprint density at radius 1 is 1.08 bits per heavy atom. The van der Waals surface area contributed by atoms with E-state index >= 15 is 0 Å². The largest absolute Gasteiger partial charge is 0.394 e. The van der Waals surface area contributed by atoms with Crippen molar-refractivity contribution >= 4 is 0 Å². The molecule has 0 aromatic rings. The summed E-state index contributed by atoms with van der Waals surface area (Å²) >= 11 is 0. The van der Waals surface area contributed by atoms with Gasteiger partial charge in [-0.05, 0) is 17.9 Å². The highest BCUT2D eigenvalue weighted by Gasteiger charge is 2.43. The fourth-order valence-electron chi connectivity index (χ4n) is 1.88. The van der Waals surface area contributed by atoms with Gasteiger partial charge in [0, 0.05) is 6.42 Å². The first-order chi connectivity index (χ1) is 11.5. The molecule has 1 saturated heterocycles. The third-order valence-corrected chi connectivity index (χ3v) is 3.20. The predicted octanol–water partition coefficient (Wildman–Crippen LogP) is -2.89. The highest BCUT2D eigenvalue weighted by Crippen LogP contribution is 2.22. The molecule has 0 amide bonds. The molecule has 8 nitrogen and oxygen atoms in total. The Balaban J connectivity index is 2.39. The summed E-state index contributed by atoms with van der Waals surface area (Å²) < 4.78 is 10.4. The molecule has 1 heterocycles. The van der Waals surface area contributed by atoms with Crippen LogP contribution >= 0.6 is 0 Å². The van der Waals surface area contributed by atoms with E-state index in [2.05, 4.69) is 23.7 Å². The fourth-order valence-corrected chi connectivity index (χ4v) is 1.88. The lowest BCUT2D eigenvalue weighted by Crippen LogP contribution is -2.59. The lowest BCUT2D eigenvalue weighted by molar-refractivity contribution is -0.301. The van der Waals surface area contributed by atoms with Crippen LogP contribution in [0.5, 0.6) is 0 Å². The molecule has 134 valence electrons. The second-order valence-electron chi connectivity index (χ2n) is 5.00. The smallest absolute Gasteiger partial charge is 0.186 e. The van der Waals surface area contributed by atoms with Crippen LogP contribution < -0.4 is 0 Å². The topological polar surface area (TPSA) is 140 Å². The number of aliphatic hydroxyl groups is 6. The van der Waals surface area contributed by atoms with E-state index in [4.69, 9.17) is 19.7 Å². The first-order valence-corrected chi connectivity index (χ1v) is 7.38. The van der Waals surface area contributed by atoms with E-state index < -0.39 is 43.4 Å². The zero-order chi connectivity index (χ0) is 17.9. The molecule has 1 fully saturated rings. The van der Waals surface area contributed by atoms with Crippen molar-refractivity contribution in [3.8, 4) is 23.7 Å². The average Bonchev–Trinajstić information content (AvgIpc) is 2.58. The second-order valence-corrected chi connectivity index (χ2v) is 5.00. The Labute approximate surface area is 140 Å². The van der Waals surface area contributed by atoms with Crippen molar-refractivity contribution in [1.82, 2.24) is 0 Å². The van der Waals surface area contributed by atoms with Gasteiger partial charge in [-0.2, -0.15) is 0 Å². The molecule has 6 N–H and O–H groups in total. The van der Waals surface area contributed by atoms with E-state index in [0.29, 0.717) is 0 Å². The lowest BCUT2D eigenvalue weighted by Gasteiger charge is -2.39. The van der Waals surface area contributed by atoms with E-state index in [1.807, 2.05) is 0 Å². The number of rotatable bonds is 6. The van der Waals surface area contributed by atoms with Gasteiger partial charge in [0.2, 0.25) is 0 Å². The zero-order valence-electron chi connectivity index (χ0n) is 12.9. The third kappa shape index (κ3) is 6.57. The van der Waals surface area contributed by atoms with Crippen molar-refractivity contribution in [3.63, 3.8) is 0 Å². The van der Waals surface area contributed by atoms with Gasteiger partial charge in [0.25, 0.3) is 0 Å². The van der Waals surface area contributed by atoms with Crippen LogP contribution in [0.4, 0.5) is 0 Å². The summed E-state index contributed by atoms with van der Waals surface area (Å²) in [6.45, 7) is -0.682. The van der Waals surface area contributed by atoms with Crippen LogP contribution in [-0.2, 0) is 9.47 Å². The van der Waals surface area contributed by atoms with E-state index in [1.165, 1.54) is 12.2 Å². The summed E-state index contributed by atoms with van der Waals surface area (Å²) in [4.78, 5) is 0. The molecule has 0 aliphatic carbocycles. The summed E-state index contributed by atoms with van der Waals surface area (Å²) in [6, 6.07) is 0. The fraction of sp³-hybridized carbons (Fsp3) is 0.625. The maximum atomic E-state index is 9.76. The van der Waals surface area contributed by atoms with Gasteiger partial charge in [0.15, 0.2) is 6.29 Å². The second kappa shape index (κ2) is 11.2. The van der Waals surface area contributed by atoms with Crippen molar-refractivity contribution in [2.24, 2.45) is 0 Å². The SMILES string of the molecule is OC/C=C/C#CC#C[C@@H](O)CCO[C@@H]1O[C@H](CO)[C@@H](O)[C@H](O)[C@H]1O. The van der Waals surface area contributed by atoms with Crippen molar-refractivity contribution < 1.29 is 40.1 Å². The maximum Gasteiger partial charge on any atom is 0.186 e. The van der Waals surface area contributed by atoms with Crippen molar-refractivity contribution in [2.45, 2.75) is 43.2 Å². The normalized spacial score (nSPS) is 31.0. The minimum atomic E-state index is -1.51. The van der Waals surface area contributed by atoms with Crippen molar-refractivity contribution in [2.75, 3.05) is 19.8 Å². The van der Waals surface area contributed by atoms with Gasteiger partial charge in [0.05, 0.1) is 19.8 Å². The van der Waals surface area contributed by atoms with Gasteiger partial charge in [-0.25, -0.2) is 0 Å². The van der Waals surface area contributed by atoms with E-state index in [0.717, 1.165) is 0 Å².